The van der Waals surface area contributed by atoms with E-state index in [9.17, 15) is 9.59 Å². The molecular weight excluding hydrogens is 496 g/mol. The molecular formula is C34H48N4O2. The van der Waals surface area contributed by atoms with Crippen molar-refractivity contribution < 1.29 is 9.59 Å². The summed E-state index contributed by atoms with van der Waals surface area (Å²) in [4.78, 5) is 30.8. The van der Waals surface area contributed by atoms with Crippen LogP contribution in [0, 0.1) is 23.7 Å². The normalized spacial score (nSPS) is 15.8. The molecule has 0 spiro atoms. The van der Waals surface area contributed by atoms with E-state index in [1.807, 2.05) is 62.4 Å². The number of aliphatic imine (C=N–C) groups is 1. The van der Waals surface area contributed by atoms with Gasteiger partial charge in [0, 0.05) is 23.2 Å². The van der Waals surface area contributed by atoms with Gasteiger partial charge in [-0.25, -0.2) is 4.99 Å². The number of carbonyl (C=O) groups is 2. The van der Waals surface area contributed by atoms with Crippen molar-refractivity contribution >= 4 is 40.3 Å². The first kappa shape index (κ1) is 31.1. The third-order valence-corrected chi connectivity index (χ3v) is 7.96. The lowest BCUT2D eigenvalue weighted by atomic mass is 9.84. The van der Waals surface area contributed by atoms with Crippen molar-refractivity contribution in [1.82, 2.24) is 0 Å². The minimum absolute atomic E-state index is 0.0181. The maximum atomic E-state index is 13.2. The molecule has 0 bridgehead atoms. The molecule has 3 rings (SSSR count). The molecule has 2 aromatic rings. The summed E-state index contributed by atoms with van der Waals surface area (Å²) >= 11 is 0. The molecule has 40 heavy (non-hydrogen) atoms. The third kappa shape index (κ3) is 8.80. The van der Waals surface area contributed by atoms with E-state index in [2.05, 4.69) is 49.7 Å². The van der Waals surface area contributed by atoms with Gasteiger partial charge in [0.2, 0.25) is 11.8 Å². The van der Waals surface area contributed by atoms with E-state index >= 15 is 0 Å². The minimum atomic E-state index is -0.0664. The maximum absolute atomic E-state index is 13.2. The van der Waals surface area contributed by atoms with Gasteiger partial charge in [-0.15, -0.1) is 0 Å². The second-order valence-electron chi connectivity index (χ2n) is 11.3. The molecule has 0 saturated heterocycles. The lowest BCUT2D eigenvalue weighted by molar-refractivity contribution is -0.121. The van der Waals surface area contributed by atoms with Crippen LogP contribution in [0.25, 0.3) is 0 Å². The predicted octanol–water partition coefficient (Wildman–Crippen LogP) is 8.59. The van der Waals surface area contributed by atoms with Crippen molar-refractivity contribution in [3.63, 3.8) is 0 Å². The van der Waals surface area contributed by atoms with E-state index in [-0.39, 0.29) is 29.6 Å². The Labute approximate surface area is 241 Å². The Morgan fingerprint density at radius 2 is 1.68 bits per heavy atom. The average molecular weight is 545 g/mol. The fourth-order valence-corrected chi connectivity index (χ4v) is 5.06. The number of benzene rings is 2. The zero-order chi connectivity index (χ0) is 29.1. The highest BCUT2D eigenvalue weighted by Crippen LogP contribution is 2.33. The van der Waals surface area contributed by atoms with E-state index < -0.39 is 0 Å². The Hall–Kier alpha value is -3.41. The van der Waals surface area contributed by atoms with Crippen LogP contribution in [0.3, 0.4) is 0 Å². The van der Waals surface area contributed by atoms with E-state index in [1.165, 1.54) is 0 Å². The van der Waals surface area contributed by atoms with Crippen LogP contribution >= 0.6 is 0 Å². The molecule has 3 N–H and O–H groups in total. The molecule has 6 nitrogen and oxygen atoms in total. The van der Waals surface area contributed by atoms with Gasteiger partial charge in [0.05, 0.1) is 23.6 Å². The summed E-state index contributed by atoms with van der Waals surface area (Å²) in [7, 11) is 0. The molecule has 6 heteroatoms. The highest BCUT2D eigenvalue weighted by Gasteiger charge is 2.25. The second kappa shape index (κ2) is 15.4. The number of amides is 2. The van der Waals surface area contributed by atoms with Crippen LogP contribution in [0.15, 0.2) is 59.6 Å². The molecule has 1 aliphatic rings. The van der Waals surface area contributed by atoms with E-state index in [1.54, 1.807) is 0 Å². The Kier molecular flexibility index (Phi) is 12.0. The second-order valence-corrected chi connectivity index (χ2v) is 11.3. The molecule has 0 fully saturated rings. The Bertz CT molecular complexity index is 1180. The molecule has 4 atom stereocenters. The topological polar surface area (TPSA) is 82.6 Å². The largest absolute Gasteiger partial charge is 0.378 e. The van der Waals surface area contributed by atoms with Crippen LogP contribution < -0.4 is 16.0 Å². The Morgan fingerprint density at radius 1 is 0.975 bits per heavy atom. The van der Waals surface area contributed by atoms with Gasteiger partial charge in [-0.05, 0) is 67.5 Å². The summed E-state index contributed by atoms with van der Waals surface area (Å²) < 4.78 is 0. The lowest BCUT2D eigenvalue weighted by Gasteiger charge is -2.24. The molecule has 0 saturated carbocycles. The van der Waals surface area contributed by atoms with Crippen LogP contribution in [0.5, 0.6) is 0 Å². The van der Waals surface area contributed by atoms with Crippen molar-refractivity contribution in [2.45, 2.75) is 80.1 Å². The van der Waals surface area contributed by atoms with Gasteiger partial charge in [-0.3, -0.25) is 9.59 Å². The van der Waals surface area contributed by atoms with Crippen LogP contribution in [-0.4, -0.2) is 24.1 Å². The Balaban J connectivity index is 1.68. The molecule has 0 aliphatic carbocycles. The van der Waals surface area contributed by atoms with Crippen molar-refractivity contribution in [2.24, 2.45) is 28.7 Å². The Morgan fingerprint density at radius 3 is 2.35 bits per heavy atom. The number of allylic oxidation sites excluding steroid dienone is 2. The standard InChI is InChI=1S/C34H48N4O2/c1-7-10-11-13-25(6)33(39)37-28-18-19-30-31(21-28)38-32(22-35-30)26-14-16-27(17-15-26)36-34(40)29(20-23(4)9-3)24(5)12-8-2/h8,12,14-19,21,23-25,29,35H,7,9-11,13,20,22H2,1-6H3,(H,36,40)(H,37,39)/b12-8-. The van der Waals surface area contributed by atoms with Crippen molar-refractivity contribution in [1.29, 1.82) is 0 Å². The van der Waals surface area contributed by atoms with E-state index in [0.29, 0.717) is 12.5 Å². The first-order valence-electron chi connectivity index (χ1n) is 15.1. The summed E-state index contributed by atoms with van der Waals surface area (Å²) in [5, 5.41) is 9.64. The van der Waals surface area contributed by atoms with E-state index in [0.717, 1.165) is 72.5 Å². The maximum Gasteiger partial charge on any atom is 0.228 e. The zero-order valence-corrected chi connectivity index (χ0v) is 25.2. The van der Waals surface area contributed by atoms with Crippen molar-refractivity contribution in [2.75, 3.05) is 22.5 Å². The van der Waals surface area contributed by atoms with Crippen molar-refractivity contribution in [3.8, 4) is 0 Å². The molecule has 1 aliphatic heterocycles. The molecule has 1 heterocycles. The predicted molar refractivity (Wildman–Crippen MR) is 170 cm³/mol. The highest BCUT2D eigenvalue weighted by molar-refractivity contribution is 6.08. The number of rotatable bonds is 14. The molecule has 216 valence electrons. The quantitative estimate of drug-likeness (QED) is 0.164. The molecule has 2 aromatic carbocycles. The first-order valence-corrected chi connectivity index (χ1v) is 15.1. The number of fused-ring (bicyclic) bond motifs is 1. The summed E-state index contributed by atoms with van der Waals surface area (Å²) in [5.74, 6) is 0.707. The molecule has 4 unspecified atom stereocenters. The van der Waals surface area contributed by atoms with Crippen LogP contribution in [0.4, 0.5) is 22.7 Å². The van der Waals surface area contributed by atoms with Crippen molar-refractivity contribution in [3.05, 3.63) is 60.2 Å². The SMILES string of the molecule is C/C=C\C(C)C(CC(C)CC)C(=O)Nc1ccc(C2=Nc3cc(NC(=O)C(C)CCCCC)ccc3NC2)cc1. The lowest BCUT2D eigenvalue weighted by Crippen LogP contribution is -2.29. The smallest absolute Gasteiger partial charge is 0.228 e. The highest BCUT2D eigenvalue weighted by atomic mass is 16.2. The van der Waals surface area contributed by atoms with Gasteiger partial charge in [-0.2, -0.15) is 0 Å². The first-order chi connectivity index (χ1) is 19.2. The van der Waals surface area contributed by atoms with Gasteiger partial charge in [0.1, 0.15) is 0 Å². The molecule has 2 amide bonds. The van der Waals surface area contributed by atoms with Crippen LogP contribution in [-0.2, 0) is 9.59 Å². The average Bonchev–Trinajstić information content (AvgIpc) is 2.95. The number of carbonyl (C=O) groups excluding carboxylic acids is 2. The summed E-state index contributed by atoms with van der Waals surface area (Å²) in [5.41, 5.74) is 5.21. The summed E-state index contributed by atoms with van der Waals surface area (Å²) in [6, 6.07) is 13.7. The minimum Gasteiger partial charge on any atom is -0.378 e. The summed E-state index contributed by atoms with van der Waals surface area (Å²) in [6.07, 6.45) is 10.4. The number of nitrogens with zero attached hydrogens (tertiary/aromatic N) is 1. The monoisotopic (exact) mass is 544 g/mol. The van der Waals surface area contributed by atoms with Gasteiger partial charge in [-0.1, -0.05) is 84.6 Å². The fraction of sp³-hybridized carbons (Fsp3) is 0.500. The van der Waals surface area contributed by atoms with E-state index in [4.69, 9.17) is 4.99 Å². The third-order valence-electron chi connectivity index (χ3n) is 7.96. The fourth-order valence-electron chi connectivity index (χ4n) is 5.06. The summed E-state index contributed by atoms with van der Waals surface area (Å²) in [6.45, 7) is 13.3. The van der Waals surface area contributed by atoms with Gasteiger partial charge in [0.25, 0.3) is 0 Å². The van der Waals surface area contributed by atoms with Gasteiger partial charge >= 0.3 is 0 Å². The number of nitrogens with one attached hydrogen (secondary N) is 3. The number of hydrogen-bond donors (Lipinski definition) is 3. The van der Waals surface area contributed by atoms with Gasteiger partial charge in [0.15, 0.2) is 0 Å². The number of anilines is 3. The van der Waals surface area contributed by atoms with Crippen LogP contribution in [0.1, 0.15) is 85.6 Å². The molecule has 0 aromatic heterocycles. The zero-order valence-electron chi connectivity index (χ0n) is 25.2. The number of unbranched alkanes of at least 4 members (excludes halogenated alkanes) is 2. The van der Waals surface area contributed by atoms with Gasteiger partial charge < -0.3 is 16.0 Å². The van der Waals surface area contributed by atoms with Crippen LogP contribution in [0.2, 0.25) is 0 Å². The molecule has 0 radical (unpaired) electrons. The number of hydrogen-bond acceptors (Lipinski definition) is 4.